The first-order chi connectivity index (χ1) is 7.75. The molecule has 0 aromatic carbocycles. The van der Waals surface area contributed by atoms with Crippen molar-refractivity contribution < 1.29 is 9.53 Å². The minimum Gasteiger partial charge on any atom is -0.381 e. The summed E-state index contributed by atoms with van der Waals surface area (Å²) < 4.78 is 5.33. The highest BCUT2D eigenvalue weighted by atomic mass is 16.5. The molecule has 0 aromatic rings. The molecule has 2 atom stereocenters. The lowest BCUT2D eigenvalue weighted by Crippen LogP contribution is -2.26. The smallest absolute Gasteiger partial charge is 0.136 e. The van der Waals surface area contributed by atoms with Gasteiger partial charge in [0, 0.05) is 25.6 Å². The maximum Gasteiger partial charge on any atom is 0.136 e. The van der Waals surface area contributed by atoms with Crippen molar-refractivity contribution in [2.45, 2.75) is 51.9 Å². The second-order valence-corrected chi connectivity index (χ2v) is 5.69. The molecule has 0 bridgehead atoms. The molecular weight excluding hydrogens is 200 g/mol. The van der Waals surface area contributed by atoms with Crippen LogP contribution in [0.2, 0.25) is 0 Å². The van der Waals surface area contributed by atoms with E-state index >= 15 is 0 Å². The molecule has 92 valence electrons. The molecule has 0 spiro atoms. The Kier molecular flexibility index (Phi) is 4.39. The maximum absolute atomic E-state index is 12.2. The lowest BCUT2D eigenvalue weighted by molar-refractivity contribution is -0.125. The molecule has 1 saturated heterocycles. The highest BCUT2D eigenvalue weighted by Crippen LogP contribution is 2.31. The topological polar surface area (TPSA) is 26.3 Å². The first kappa shape index (κ1) is 12.1. The normalized spacial score (nSPS) is 32.6. The SMILES string of the molecule is CC1CCCC(C(=O)CC2CCOCC2)C1. The van der Waals surface area contributed by atoms with E-state index < -0.39 is 0 Å². The molecule has 2 rings (SSSR count). The zero-order valence-corrected chi connectivity index (χ0v) is 10.4. The van der Waals surface area contributed by atoms with Gasteiger partial charge >= 0.3 is 0 Å². The minimum absolute atomic E-state index is 0.381. The van der Waals surface area contributed by atoms with Crippen LogP contribution in [-0.2, 0) is 9.53 Å². The van der Waals surface area contributed by atoms with Gasteiger partial charge in [-0.3, -0.25) is 4.79 Å². The van der Waals surface area contributed by atoms with Crippen LogP contribution < -0.4 is 0 Å². The number of ketones is 1. The number of Topliss-reactive ketones (excluding diaryl/α,β-unsaturated/α-hetero) is 1. The van der Waals surface area contributed by atoms with Crippen molar-refractivity contribution in [3.05, 3.63) is 0 Å². The summed E-state index contributed by atoms with van der Waals surface area (Å²) in [6.07, 6.45) is 7.86. The van der Waals surface area contributed by atoms with Gasteiger partial charge in [-0.25, -0.2) is 0 Å². The lowest BCUT2D eigenvalue weighted by atomic mass is 9.78. The van der Waals surface area contributed by atoms with Crippen LogP contribution in [0.4, 0.5) is 0 Å². The van der Waals surface area contributed by atoms with Crippen LogP contribution in [0.15, 0.2) is 0 Å². The van der Waals surface area contributed by atoms with Crippen LogP contribution in [0.1, 0.15) is 51.9 Å². The number of rotatable bonds is 3. The third kappa shape index (κ3) is 3.31. The predicted octanol–water partition coefficient (Wildman–Crippen LogP) is 3.20. The van der Waals surface area contributed by atoms with E-state index in [1.807, 2.05) is 0 Å². The number of hydrogen-bond acceptors (Lipinski definition) is 2. The van der Waals surface area contributed by atoms with Crippen LogP contribution in [-0.4, -0.2) is 19.0 Å². The Morgan fingerprint density at radius 2 is 1.94 bits per heavy atom. The molecule has 2 aliphatic rings. The molecule has 2 nitrogen and oxygen atoms in total. The van der Waals surface area contributed by atoms with E-state index in [0.717, 1.165) is 51.2 Å². The summed E-state index contributed by atoms with van der Waals surface area (Å²) in [4.78, 5) is 12.2. The molecule has 2 heteroatoms. The first-order valence-electron chi connectivity index (χ1n) is 6.86. The summed E-state index contributed by atoms with van der Waals surface area (Å²) in [5, 5.41) is 0. The summed E-state index contributed by atoms with van der Waals surface area (Å²) in [7, 11) is 0. The number of ether oxygens (including phenoxy) is 1. The highest BCUT2D eigenvalue weighted by Gasteiger charge is 2.27. The summed E-state index contributed by atoms with van der Waals surface area (Å²) in [6.45, 7) is 4.01. The third-order valence-corrected chi connectivity index (χ3v) is 4.22. The quantitative estimate of drug-likeness (QED) is 0.736. The molecular formula is C14H24O2. The first-order valence-corrected chi connectivity index (χ1v) is 6.86. The molecule has 2 unspecified atom stereocenters. The van der Waals surface area contributed by atoms with Gasteiger partial charge < -0.3 is 4.74 Å². The molecule has 2 fully saturated rings. The Bertz CT molecular complexity index is 231. The fourth-order valence-electron chi connectivity index (χ4n) is 3.13. The summed E-state index contributed by atoms with van der Waals surface area (Å²) in [6, 6.07) is 0. The Morgan fingerprint density at radius 1 is 1.19 bits per heavy atom. The number of carbonyl (C=O) groups excluding carboxylic acids is 1. The van der Waals surface area contributed by atoms with Gasteiger partial charge in [0.25, 0.3) is 0 Å². The average Bonchev–Trinajstić information content (AvgIpc) is 2.30. The second kappa shape index (κ2) is 5.81. The van der Waals surface area contributed by atoms with Crippen LogP contribution in [0.3, 0.4) is 0 Å². The van der Waals surface area contributed by atoms with Crippen LogP contribution in [0.25, 0.3) is 0 Å². The lowest BCUT2D eigenvalue weighted by Gasteiger charge is -2.28. The highest BCUT2D eigenvalue weighted by molar-refractivity contribution is 5.81. The Hall–Kier alpha value is -0.370. The molecule has 1 aliphatic carbocycles. The van der Waals surface area contributed by atoms with Crippen molar-refractivity contribution in [2.75, 3.05) is 13.2 Å². The minimum atomic E-state index is 0.381. The number of hydrogen-bond donors (Lipinski definition) is 0. The van der Waals surface area contributed by atoms with Gasteiger partial charge in [-0.2, -0.15) is 0 Å². The molecule has 0 N–H and O–H groups in total. The van der Waals surface area contributed by atoms with Gasteiger partial charge in [0.05, 0.1) is 0 Å². The molecule has 1 aliphatic heterocycles. The maximum atomic E-state index is 12.2. The monoisotopic (exact) mass is 224 g/mol. The summed E-state index contributed by atoms with van der Waals surface area (Å²) >= 11 is 0. The Balaban J connectivity index is 1.77. The van der Waals surface area contributed by atoms with Crippen molar-refractivity contribution in [3.63, 3.8) is 0 Å². The molecule has 1 heterocycles. The predicted molar refractivity (Wildman–Crippen MR) is 64.3 cm³/mol. The van der Waals surface area contributed by atoms with Crippen LogP contribution in [0, 0.1) is 17.8 Å². The molecule has 0 radical (unpaired) electrons. The molecule has 0 amide bonds. The van der Waals surface area contributed by atoms with E-state index in [-0.39, 0.29) is 0 Å². The van der Waals surface area contributed by atoms with Gasteiger partial charge in [-0.15, -0.1) is 0 Å². The van der Waals surface area contributed by atoms with E-state index in [1.54, 1.807) is 0 Å². The van der Waals surface area contributed by atoms with Gasteiger partial charge in [-0.05, 0) is 37.5 Å². The fourth-order valence-corrected chi connectivity index (χ4v) is 3.13. The second-order valence-electron chi connectivity index (χ2n) is 5.69. The zero-order chi connectivity index (χ0) is 11.4. The molecule has 16 heavy (non-hydrogen) atoms. The van der Waals surface area contributed by atoms with Gasteiger partial charge in [0.2, 0.25) is 0 Å². The molecule has 0 aromatic heterocycles. The summed E-state index contributed by atoms with van der Waals surface area (Å²) in [5.41, 5.74) is 0. The Labute approximate surface area is 98.7 Å². The van der Waals surface area contributed by atoms with Crippen LogP contribution >= 0.6 is 0 Å². The van der Waals surface area contributed by atoms with E-state index in [4.69, 9.17) is 4.74 Å². The van der Waals surface area contributed by atoms with Crippen LogP contribution in [0.5, 0.6) is 0 Å². The standard InChI is InChI=1S/C14H24O2/c1-11-3-2-4-13(9-11)14(15)10-12-5-7-16-8-6-12/h11-13H,2-10H2,1H3. The average molecular weight is 224 g/mol. The van der Waals surface area contributed by atoms with Gasteiger partial charge in [0.15, 0.2) is 0 Å². The van der Waals surface area contributed by atoms with E-state index in [2.05, 4.69) is 6.92 Å². The largest absolute Gasteiger partial charge is 0.381 e. The van der Waals surface area contributed by atoms with Crippen molar-refractivity contribution in [2.24, 2.45) is 17.8 Å². The Morgan fingerprint density at radius 3 is 2.62 bits per heavy atom. The third-order valence-electron chi connectivity index (χ3n) is 4.22. The van der Waals surface area contributed by atoms with Crippen molar-refractivity contribution >= 4 is 5.78 Å². The summed E-state index contributed by atoms with van der Waals surface area (Å²) in [5.74, 6) is 2.29. The van der Waals surface area contributed by atoms with E-state index in [0.29, 0.717) is 17.6 Å². The van der Waals surface area contributed by atoms with Crippen molar-refractivity contribution in [1.29, 1.82) is 0 Å². The van der Waals surface area contributed by atoms with Crippen molar-refractivity contribution in [3.8, 4) is 0 Å². The van der Waals surface area contributed by atoms with Crippen molar-refractivity contribution in [1.82, 2.24) is 0 Å². The van der Waals surface area contributed by atoms with Gasteiger partial charge in [-0.1, -0.05) is 19.8 Å². The van der Waals surface area contributed by atoms with Gasteiger partial charge in [0.1, 0.15) is 5.78 Å². The van der Waals surface area contributed by atoms with E-state index in [1.165, 1.54) is 12.8 Å². The molecule has 1 saturated carbocycles. The fraction of sp³-hybridized carbons (Fsp3) is 0.929. The zero-order valence-electron chi connectivity index (χ0n) is 10.4. The number of carbonyl (C=O) groups is 1. The van der Waals surface area contributed by atoms with E-state index in [9.17, 15) is 4.79 Å².